The first-order valence-corrected chi connectivity index (χ1v) is 5.24. The smallest absolute Gasteiger partial charge is 0 e. The number of benzene rings is 1. The molecule has 0 saturated carbocycles. The zero-order chi connectivity index (χ0) is 10.9. The van der Waals surface area contributed by atoms with Gasteiger partial charge in [0.05, 0.1) is 0 Å². The van der Waals surface area contributed by atoms with Crippen LogP contribution in [0.1, 0.15) is 51.3 Å². The summed E-state index contributed by atoms with van der Waals surface area (Å²) in [6, 6.07) is 6.57. The van der Waals surface area contributed by atoms with Crippen molar-refractivity contribution in [1.29, 1.82) is 0 Å². The first-order valence-electron chi connectivity index (χ1n) is 5.24. The van der Waals surface area contributed by atoms with Crippen molar-refractivity contribution in [3.63, 3.8) is 0 Å². The molecule has 84 valence electrons. The Morgan fingerprint density at radius 1 is 1.07 bits per heavy atom. The maximum atomic E-state index is 2.28. The monoisotopic (exact) mass is 373 g/mol. The van der Waals surface area contributed by atoms with Crippen LogP contribution in [0, 0.1) is 12.8 Å². The van der Waals surface area contributed by atoms with Gasteiger partial charge < -0.3 is 0 Å². The van der Waals surface area contributed by atoms with Gasteiger partial charge in [0, 0.05) is 21.1 Å². The van der Waals surface area contributed by atoms with Crippen molar-refractivity contribution in [3.8, 4) is 0 Å². The van der Waals surface area contributed by atoms with Gasteiger partial charge in [-0.15, -0.1) is 17.2 Å². The fourth-order valence-electron chi connectivity index (χ4n) is 2.08. The molecule has 15 heavy (non-hydrogen) atoms. The molecule has 0 bridgehead atoms. The average Bonchev–Trinajstić information content (AvgIpc) is 2.01. The Morgan fingerprint density at radius 2 is 1.60 bits per heavy atom. The van der Waals surface area contributed by atoms with Gasteiger partial charge in [-0.2, -0.15) is 17.5 Å². The standard InChI is InChI=1S/C14H21.W/c1-10(2)12-9-7-8-11(3)13(12)14(4,5)6;/h7-9H,1-6H3;/q-1;. The molecule has 0 nitrogen and oxygen atoms in total. The molecule has 0 aliphatic rings. The van der Waals surface area contributed by atoms with Gasteiger partial charge in [0.15, 0.2) is 0 Å². The molecule has 0 N–H and O–H groups in total. The quantitative estimate of drug-likeness (QED) is 0.646. The minimum atomic E-state index is 0. The second kappa shape index (κ2) is 5.21. The summed E-state index contributed by atoms with van der Waals surface area (Å²) in [6.07, 6.45) is 0. The first-order chi connectivity index (χ1) is 6.34. The minimum Gasteiger partial charge on any atom is -0.185 e. The predicted octanol–water partition coefficient (Wildman–Crippen LogP) is 4.25. The topological polar surface area (TPSA) is 0 Å². The Balaban J connectivity index is 0.00000196. The third-order valence-corrected chi connectivity index (χ3v) is 2.56. The molecule has 1 rings (SSSR count). The summed E-state index contributed by atoms with van der Waals surface area (Å²) in [7, 11) is 0. The Morgan fingerprint density at radius 3 is 1.93 bits per heavy atom. The number of hydrogen-bond donors (Lipinski definition) is 0. The molecule has 0 aromatic heterocycles. The van der Waals surface area contributed by atoms with Crippen molar-refractivity contribution in [2.24, 2.45) is 0 Å². The number of rotatable bonds is 1. The second-order valence-corrected chi connectivity index (χ2v) is 5.25. The van der Waals surface area contributed by atoms with Crippen molar-refractivity contribution in [2.45, 2.75) is 47.0 Å². The molecule has 0 heterocycles. The van der Waals surface area contributed by atoms with E-state index in [0.717, 1.165) is 0 Å². The molecule has 0 unspecified atom stereocenters. The van der Waals surface area contributed by atoms with E-state index in [-0.39, 0.29) is 26.5 Å². The van der Waals surface area contributed by atoms with Crippen LogP contribution in [0.5, 0.6) is 0 Å². The summed E-state index contributed by atoms with van der Waals surface area (Å²) >= 11 is 0. The molecule has 1 aromatic carbocycles. The van der Waals surface area contributed by atoms with Crippen LogP contribution in [0.3, 0.4) is 0 Å². The molecule has 0 radical (unpaired) electrons. The third kappa shape index (κ3) is 3.38. The fourth-order valence-corrected chi connectivity index (χ4v) is 2.08. The largest absolute Gasteiger partial charge is 0.185 e. The summed E-state index contributed by atoms with van der Waals surface area (Å²) in [5, 5.41) is 0. The van der Waals surface area contributed by atoms with Gasteiger partial charge in [-0.3, -0.25) is 0 Å². The third-order valence-electron chi connectivity index (χ3n) is 2.56. The van der Waals surface area contributed by atoms with E-state index in [9.17, 15) is 0 Å². The van der Waals surface area contributed by atoms with Crippen LogP contribution in [0.2, 0.25) is 0 Å². The summed E-state index contributed by atoms with van der Waals surface area (Å²) in [5.41, 5.74) is 4.53. The van der Waals surface area contributed by atoms with Crippen LogP contribution in [-0.4, -0.2) is 0 Å². The summed E-state index contributed by atoms with van der Waals surface area (Å²) in [5.74, 6) is 1.40. The molecule has 1 heteroatoms. The number of hydrogen-bond acceptors (Lipinski definition) is 0. The zero-order valence-electron chi connectivity index (χ0n) is 10.6. The van der Waals surface area contributed by atoms with Crippen molar-refractivity contribution in [2.75, 3.05) is 0 Å². The Bertz CT molecular complexity index is 319. The van der Waals surface area contributed by atoms with Gasteiger partial charge in [-0.05, 0) is 0 Å². The van der Waals surface area contributed by atoms with Crippen molar-refractivity contribution >= 4 is 0 Å². The van der Waals surface area contributed by atoms with Crippen molar-refractivity contribution in [3.05, 3.63) is 40.8 Å². The van der Waals surface area contributed by atoms with Gasteiger partial charge in [0.1, 0.15) is 0 Å². The van der Waals surface area contributed by atoms with E-state index in [1.807, 2.05) is 0 Å². The summed E-state index contributed by atoms with van der Waals surface area (Å²) in [4.78, 5) is 0. The maximum Gasteiger partial charge on any atom is 0 e. The summed E-state index contributed by atoms with van der Waals surface area (Å²) in [6.45, 7) is 13.4. The normalized spacial score (nSPS) is 10.8. The average molecular weight is 373 g/mol. The Kier molecular flexibility index (Phi) is 5.13. The van der Waals surface area contributed by atoms with E-state index in [2.05, 4.69) is 59.7 Å². The van der Waals surface area contributed by atoms with Gasteiger partial charge >= 0.3 is 0 Å². The molecule has 0 saturated heterocycles. The summed E-state index contributed by atoms with van der Waals surface area (Å²) < 4.78 is 0. The molecule has 0 aliphatic heterocycles. The van der Waals surface area contributed by atoms with Gasteiger partial charge in [-0.1, -0.05) is 53.0 Å². The maximum absolute atomic E-state index is 2.28. The molecule has 0 amide bonds. The van der Waals surface area contributed by atoms with E-state index in [1.165, 1.54) is 22.6 Å². The molecular formula is C14H21W-. The fraction of sp³-hybridized carbons (Fsp3) is 0.500. The zero-order valence-corrected chi connectivity index (χ0v) is 13.6. The van der Waals surface area contributed by atoms with Crippen LogP contribution in [0.15, 0.2) is 18.2 Å². The van der Waals surface area contributed by atoms with E-state index < -0.39 is 0 Å². The molecule has 0 atom stereocenters. The van der Waals surface area contributed by atoms with Gasteiger partial charge in [0.2, 0.25) is 0 Å². The molecule has 1 aromatic rings. The molecule has 0 aliphatic carbocycles. The van der Waals surface area contributed by atoms with Crippen LogP contribution >= 0.6 is 0 Å². The second-order valence-electron chi connectivity index (χ2n) is 5.25. The van der Waals surface area contributed by atoms with Gasteiger partial charge in [-0.25, -0.2) is 0 Å². The van der Waals surface area contributed by atoms with E-state index in [0.29, 0.717) is 0 Å². The van der Waals surface area contributed by atoms with Crippen LogP contribution in [-0.2, 0) is 26.5 Å². The first kappa shape index (κ1) is 14.8. The van der Waals surface area contributed by atoms with Crippen molar-refractivity contribution < 1.29 is 21.1 Å². The van der Waals surface area contributed by atoms with Crippen LogP contribution < -0.4 is 0 Å². The van der Waals surface area contributed by atoms with E-state index in [1.54, 1.807) is 0 Å². The number of aryl methyl sites for hydroxylation is 1. The minimum absolute atomic E-state index is 0. The Labute approximate surface area is 109 Å². The Hall–Kier alpha value is -0.222. The van der Waals surface area contributed by atoms with E-state index >= 15 is 0 Å². The van der Waals surface area contributed by atoms with Crippen LogP contribution in [0.25, 0.3) is 0 Å². The molecular weight excluding hydrogens is 352 g/mol. The van der Waals surface area contributed by atoms with E-state index in [4.69, 9.17) is 0 Å². The van der Waals surface area contributed by atoms with Crippen LogP contribution in [0.4, 0.5) is 0 Å². The molecule has 0 fully saturated rings. The van der Waals surface area contributed by atoms with Crippen molar-refractivity contribution in [1.82, 2.24) is 0 Å². The van der Waals surface area contributed by atoms with Gasteiger partial charge in [0.25, 0.3) is 0 Å². The predicted molar refractivity (Wildman–Crippen MR) is 63.6 cm³/mol. The molecule has 0 spiro atoms. The SMILES string of the molecule is Cc1cccc([C-](C)C)c1C(C)(C)C.[W].